The lowest BCUT2D eigenvalue weighted by Crippen LogP contribution is -2.49. The van der Waals surface area contributed by atoms with Crippen molar-refractivity contribution in [3.8, 4) is 0 Å². The molecule has 148 valence electrons. The maximum absolute atomic E-state index is 14.2. The molecule has 26 heavy (non-hydrogen) atoms. The van der Waals surface area contributed by atoms with Crippen molar-refractivity contribution >= 4 is 0 Å². The van der Waals surface area contributed by atoms with Crippen molar-refractivity contribution in [2.75, 3.05) is 26.2 Å². The highest BCUT2D eigenvalue weighted by atomic mass is 19.4. The number of nitrogens with one attached hydrogen (secondary N) is 1. The van der Waals surface area contributed by atoms with Crippen LogP contribution in [0.1, 0.15) is 22.7 Å². The molecule has 0 aromatic heterocycles. The van der Waals surface area contributed by atoms with E-state index < -0.39 is 53.1 Å². The van der Waals surface area contributed by atoms with Gasteiger partial charge in [-0.1, -0.05) is 0 Å². The van der Waals surface area contributed by atoms with Crippen molar-refractivity contribution in [3.05, 3.63) is 34.6 Å². The van der Waals surface area contributed by atoms with E-state index in [1.54, 1.807) is 0 Å². The summed E-state index contributed by atoms with van der Waals surface area (Å²) in [6.45, 7) is -0.670. The number of nitrogens with zero attached hydrogens (tertiary/aromatic N) is 1. The number of rotatable bonds is 2. The largest absolute Gasteiger partial charge is 0.416 e. The van der Waals surface area contributed by atoms with E-state index in [-0.39, 0.29) is 32.2 Å². The first-order chi connectivity index (χ1) is 11.7. The summed E-state index contributed by atoms with van der Waals surface area (Å²) in [5, 5.41) is 2.69. The molecule has 1 atom stereocenters. The fourth-order valence-corrected chi connectivity index (χ4v) is 2.79. The van der Waals surface area contributed by atoms with Gasteiger partial charge in [0.25, 0.3) is 0 Å². The molecule has 0 radical (unpaired) electrons. The lowest BCUT2D eigenvalue weighted by Gasteiger charge is -2.37. The Hall–Kier alpha value is -1.56. The van der Waals surface area contributed by atoms with Crippen molar-refractivity contribution in [2.45, 2.75) is 24.6 Å². The van der Waals surface area contributed by atoms with E-state index in [2.05, 4.69) is 5.32 Å². The van der Waals surface area contributed by atoms with Gasteiger partial charge in [-0.3, -0.25) is 4.90 Å². The van der Waals surface area contributed by atoms with Crippen LogP contribution in [0, 0.1) is 5.82 Å². The van der Waals surface area contributed by atoms with Gasteiger partial charge >= 0.3 is 18.5 Å². The van der Waals surface area contributed by atoms with E-state index in [4.69, 9.17) is 0 Å². The zero-order chi connectivity index (χ0) is 19.9. The summed E-state index contributed by atoms with van der Waals surface area (Å²) >= 11 is 0. The fraction of sp³-hybridized carbons (Fsp3) is 0.571. The first kappa shape index (κ1) is 20.7. The van der Waals surface area contributed by atoms with Crippen LogP contribution in [0.4, 0.5) is 43.9 Å². The number of halogens is 10. The molecule has 0 aliphatic carbocycles. The van der Waals surface area contributed by atoms with Gasteiger partial charge < -0.3 is 5.32 Å². The van der Waals surface area contributed by atoms with Crippen molar-refractivity contribution in [1.82, 2.24) is 10.2 Å². The van der Waals surface area contributed by atoms with Gasteiger partial charge in [0.2, 0.25) is 0 Å². The van der Waals surface area contributed by atoms with Gasteiger partial charge in [0.1, 0.15) is 11.9 Å². The van der Waals surface area contributed by atoms with E-state index in [9.17, 15) is 43.9 Å². The highest BCUT2D eigenvalue weighted by molar-refractivity contribution is 5.39. The Bertz CT molecular complexity index is 641. The number of hydrogen-bond donors (Lipinski definition) is 1. The van der Waals surface area contributed by atoms with E-state index in [0.29, 0.717) is 4.90 Å². The molecule has 0 unspecified atom stereocenters. The molecule has 0 bridgehead atoms. The van der Waals surface area contributed by atoms with Gasteiger partial charge in [0.15, 0.2) is 0 Å². The quantitative estimate of drug-likeness (QED) is 0.745. The van der Waals surface area contributed by atoms with Crippen LogP contribution < -0.4 is 5.32 Å². The molecule has 0 amide bonds. The lowest BCUT2D eigenvalue weighted by molar-refractivity contribution is -0.191. The average Bonchev–Trinajstić information content (AvgIpc) is 2.46. The van der Waals surface area contributed by atoms with Crippen molar-refractivity contribution in [3.63, 3.8) is 0 Å². The van der Waals surface area contributed by atoms with Gasteiger partial charge in [0, 0.05) is 31.7 Å². The smallest absolute Gasteiger partial charge is 0.314 e. The summed E-state index contributed by atoms with van der Waals surface area (Å²) in [7, 11) is 0. The molecular weight excluding hydrogens is 386 g/mol. The van der Waals surface area contributed by atoms with E-state index in [0.717, 1.165) is 0 Å². The van der Waals surface area contributed by atoms with Crippen LogP contribution in [0.25, 0.3) is 0 Å². The Morgan fingerprint density at radius 2 is 1.38 bits per heavy atom. The van der Waals surface area contributed by atoms with Crippen LogP contribution in [0.3, 0.4) is 0 Å². The number of hydrogen-bond acceptors (Lipinski definition) is 2. The highest BCUT2D eigenvalue weighted by Crippen LogP contribution is 2.46. The molecular formula is C14H12F10N2. The second-order valence-corrected chi connectivity index (χ2v) is 5.64. The maximum Gasteiger partial charge on any atom is 0.416 e. The molecule has 12 heteroatoms. The van der Waals surface area contributed by atoms with Gasteiger partial charge in [-0.15, -0.1) is 0 Å². The van der Waals surface area contributed by atoms with Crippen molar-refractivity contribution < 1.29 is 43.9 Å². The molecule has 1 heterocycles. The van der Waals surface area contributed by atoms with Crippen LogP contribution in [0.5, 0.6) is 0 Å². The molecule has 0 saturated carbocycles. The predicted octanol–water partition coefficient (Wildman–Crippen LogP) is 4.37. The summed E-state index contributed by atoms with van der Waals surface area (Å²) in [5.74, 6) is -2.20. The molecule has 1 saturated heterocycles. The van der Waals surface area contributed by atoms with Crippen LogP contribution in [0.2, 0.25) is 0 Å². The molecule has 1 fully saturated rings. The minimum absolute atomic E-state index is 0.0101. The topological polar surface area (TPSA) is 15.3 Å². The highest BCUT2D eigenvalue weighted by Gasteiger charge is 2.51. The number of benzene rings is 1. The zero-order valence-corrected chi connectivity index (χ0v) is 12.8. The van der Waals surface area contributed by atoms with Crippen molar-refractivity contribution in [1.29, 1.82) is 0 Å². The number of alkyl halides is 9. The number of piperazine rings is 1. The molecule has 1 aromatic carbocycles. The molecule has 1 N–H and O–H groups in total. The van der Waals surface area contributed by atoms with Crippen LogP contribution in [-0.4, -0.2) is 37.3 Å². The predicted molar refractivity (Wildman–Crippen MR) is 69.6 cm³/mol. The third kappa shape index (κ3) is 4.40. The molecule has 1 aliphatic rings. The van der Waals surface area contributed by atoms with E-state index in [1.807, 2.05) is 0 Å². The van der Waals surface area contributed by atoms with Gasteiger partial charge in [0.05, 0.1) is 11.1 Å². The third-order valence-corrected chi connectivity index (χ3v) is 3.86. The Morgan fingerprint density at radius 3 is 1.81 bits per heavy atom. The Kier molecular flexibility index (Phi) is 5.48. The van der Waals surface area contributed by atoms with E-state index >= 15 is 0 Å². The van der Waals surface area contributed by atoms with Gasteiger partial charge in [-0.2, -0.15) is 39.5 Å². The molecule has 0 spiro atoms. The summed E-state index contributed by atoms with van der Waals surface area (Å²) in [4.78, 5) is 0.567. The summed E-state index contributed by atoms with van der Waals surface area (Å²) in [6, 6.07) is -3.84. The fourth-order valence-electron chi connectivity index (χ4n) is 2.79. The summed E-state index contributed by atoms with van der Waals surface area (Å²) < 4.78 is 132. The normalized spacial score (nSPS) is 18.8. The summed E-state index contributed by atoms with van der Waals surface area (Å²) in [5.41, 5.74) is -6.14. The second-order valence-electron chi connectivity index (χ2n) is 5.64. The van der Waals surface area contributed by atoms with Crippen molar-refractivity contribution in [2.24, 2.45) is 0 Å². The monoisotopic (exact) mass is 398 g/mol. The van der Waals surface area contributed by atoms with Crippen LogP contribution in [0.15, 0.2) is 12.1 Å². The molecule has 1 aromatic rings. The lowest BCUT2D eigenvalue weighted by atomic mass is 9.94. The minimum atomic E-state index is -5.60. The Labute approximate surface area is 140 Å². The Balaban J connectivity index is 2.71. The molecule has 1 aliphatic heterocycles. The zero-order valence-electron chi connectivity index (χ0n) is 12.8. The summed E-state index contributed by atoms with van der Waals surface area (Å²) in [6.07, 6.45) is -16.3. The second kappa shape index (κ2) is 6.87. The van der Waals surface area contributed by atoms with E-state index in [1.165, 1.54) is 0 Å². The van der Waals surface area contributed by atoms with Gasteiger partial charge in [-0.05, 0) is 12.1 Å². The Morgan fingerprint density at radius 1 is 0.846 bits per heavy atom. The van der Waals surface area contributed by atoms with Crippen LogP contribution >= 0.6 is 0 Å². The average molecular weight is 398 g/mol. The third-order valence-electron chi connectivity index (χ3n) is 3.86. The molecule has 2 rings (SSSR count). The van der Waals surface area contributed by atoms with Crippen LogP contribution in [-0.2, 0) is 12.4 Å². The first-order valence-corrected chi connectivity index (χ1v) is 7.22. The standard InChI is InChI=1S/C14H12F10N2/c15-9-6-7(12(16,17)18)5-8(13(19,20)21)10(9)11(14(22,23)24)26-3-1-25-2-4-26/h5-6,11,25H,1-4H2/t11-/m1/s1. The first-order valence-electron chi connectivity index (χ1n) is 7.22. The minimum Gasteiger partial charge on any atom is -0.314 e. The molecule has 2 nitrogen and oxygen atoms in total. The SMILES string of the molecule is Fc1cc(C(F)(F)F)cc(C(F)(F)F)c1[C@@H](N1CCNCC1)C(F)(F)F. The maximum atomic E-state index is 14.2. The van der Waals surface area contributed by atoms with Gasteiger partial charge in [-0.25, -0.2) is 4.39 Å².